The molecule has 2 aromatic carbocycles. The minimum Gasteiger partial charge on any atom is -0.489 e. The molecule has 10 nitrogen and oxygen atoms in total. The Bertz CT molecular complexity index is 1590. The molecule has 0 radical (unpaired) electrons. The standard InChI is InChI=1S/C25H23ClF4N4O6/c1-3-33-19(12-36)32-34(24(33)37)15-10-14-6-7-31-23(20(14)18(11-15)39-13(2)25(28,29)30)40-22-16(27)4-5-17(21(22)26)38-9-8-35/h4-7,10-11,13,35-36H,3,8-9,12H2,1-2H3. The molecule has 0 aliphatic rings. The lowest BCUT2D eigenvalue weighted by atomic mass is 10.1. The third-order valence-electron chi connectivity index (χ3n) is 5.74. The second-order valence-corrected chi connectivity index (χ2v) is 8.71. The third-order valence-corrected chi connectivity index (χ3v) is 6.10. The van der Waals surface area contributed by atoms with Gasteiger partial charge in [0.15, 0.2) is 23.5 Å². The Morgan fingerprint density at radius 3 is 2.52 bits per heavy atom. The van der Waals surface area contributed by atoms with Crippen LogP contribution >= 0.6 is 11.6 Å². The highest BCUT2D eigenvalue weighted by molar-refractivity contribution is 6.33. The van der Waals surface area contributed by atoms with Gasteiger partial charge in [-0.3, -0.25) is 4.57 Å². The van der Waals surface area contributed by atoms with Crippen LogP contribution in [0.3, 0.4) is 0 Å². The van der Waals surface area contributed by atoms with E-state index < -0.39 is 41.9 Å². The molecular formula is C25H23ClF4N4O6. The van der Waals surface area contributed by atoms with Crippen LogP contribution in [0, 0.1) is 5.82 Å². The number of halogens is 5. The van der Waals surface area contributed by atoms with Gasteiger partial charge in [-0.2, -0.15) is 17.9 Å². The van der Waals surface area contributed by atoms with Gasteiger partial charge in [0.2, 0.25) is 5.88 Å². The molecule has 4 aromatic rings. The van der Waals surface area contributed by atoms with Gasteiger partial charge in [-0.1, -0.05) is 11.6 Å². The van der Waals surface area contributed by atoms with E-state index in [1.807, 2.05) is 0 Å². The minimum absolute atomic E-state index is 0.0117. The molecule has 0 amide bonds. The summed E-state index contributed by atoms with van der Waals surface area (Å²) in [7, 11) is 0. The molecule has 0 saturated carbocycles. The van der Waals surface area contributed by atoms with E-state index in [0.717, 1.165) is 23.7 Å². The predicted molar refractivity (Wildman–Crippen MR) is 135 cm³/mol. The Morgan fingerprint density at radius 1 is 1.15 bits per heavy atom. The van der Waals surface area contributed by atoms with Gasteiger partial charge < -0.3 is 24.4 Å². The van der Waals surface area contributed by atoms with Crippen LogP contribution in [0.4, 0.5) is 17.6 Å². The zero-order valence-electron chi connectivity index (χ0n) is 21.1. The first-order chi connectivity index (χ1) is 19.0. The first kappa shape index (κ1) is 29.1. The summed E-state index contributed by atoms with van der Waals surface area (Å²) in [6.07, 6.45) is -5.81. The van der Waals surface area contributed by atoms with Crippen molar-refractivity contribution in [2.45, 2.75) is 39.3 Å². The van der Waals surface area contributed by atoms with Crippen molar-refractivity contribution < 1.29 is 42.0 Å². The number of alkyl halides is 3. The van der Waals surface area contributed by atoms with Crippen LogP contribution < -0.4 is 19.9 Å². The zero-order chi connectivity index (χ0) is 29.2. The maximum absolute atomic E-state index is 14.8. The van der Waals surface area contributed by atoms with E-state index in [0.29, 0.717) is 0 Å². The average molecular weight is 587 g/mol. The fourth-order valence-electron chi connectivity index (χ4n) is 3.79. The van der Waals surface area contributed by atoms with Crippen molar-refractivity contribution in [2.75, 3.05) is 13.2 Å². The van der Waals surface area contributed by atoms with E-state index in [1.165, 1.54) is 29.0 Å². The quantitative estimate of drug-likeness (QED) is 0.263. The van der Waals surface area contributed by atoms with E-state index in [-0.39, 0.29) is 58.7 Å². The van der Waals surface area contributed by atoms with Crippen molar-refractivity contribution in [2.24, 2.45) is 0 Å². The second-order valence-electron chi connectivity index (χ2n) is 8.34. The molecule has 214 valence electrons. The molecule has 0 spiro atoms. The number of aromatic nitrogens is 4. The van der Waals surface area contributed by atoms with E-state index in [1.54, 1.807) is 6.92 Å². The topological polar surface area (TPSA) is 121 Å². The van der Waals surface area contributed by atoms with Crippen LogP contribution in [0.25, 0.3) is 16.5 Å². The number of aliphatic hydroxyl groups excluding tert-OH is 2. The molecule has 0 fully saturated rings. The number of pyridine rings is 1. The third kappa shape index (κ3) is 5.69. The lowest BCUT2D eigenvalue weighted by Gasteiger charge is -2.20. The van der Waals surface area contributed by atoms with Crippen molar-refractivity contribution in [1.29, 1.82) is 0 Å². The summed E-state index contributed by atoms with van der Waals surface area (Å²) < 4.78 is 73.6. The zero-order valence-corrected chi connectivity index (χ0v) is 21.8. The van der Waals surface area contributed by atoms with Gasteiger partial charge in [0.25, 0.3) is 0 Å². The SMILES string of the molecule is CCn1c(CO)nn(-c2cc(OC(C)C(F)(F)F)c3c(Oc4c(F)ccc(OCCO)c4Cl)nccc3c2)c1=O. The highest BCUT2D eigenvalue weighted by atomic mass is 35.5. The Balaban J connectivity index is 1.92. The van der Waals surface area contributed by atoms with Crippen LogP contribution in [0.1, 0.15) is 19.7 Å². The molecule has 1 unspecified atom stereocenters. The van der Waals surface area contributed by atoms with E-state index in [9.17, 15) is 27.5 Å². The molecule has 40 heavy (non-hydrogen) atoms. The van der Waals surface area contributed by atoms with Crippen LogP contribution in [-0.4, -0.2) is 55.0 Å². The molecule has 2 heterocycles. The fraction of sp³-hybridized carbons (Fsp3) is 0.320. The van der Waals surface area contributed by atoms with Gasteiger partial charge in [-0.05, 0) is 43.5 Å². The number of hydrogen-bond donors (Lipinski definition) is 2. The second kappa shape index (κ2) is 11.7. The summed E-state index contributed by atoms with van der Waals surface area (Å²) in [6, 6.07) is 6.19. The average Bonchev–Trinajstić information content (AvgIpc) is 3.25. The minimum atomic E-state index is -4.76. The smallest absolute Gasteiger partial charge is 0.425 e. The lowest BCUT2D eigenvalue weighted by Crippen LogP contribution is -2.31. The first-order valence-corrected chi connectivity index (χ1v) is 12.2. The molecular weight excluding hydrogens is 564 g/mol. The molecule has 0 saturated heterocycles. The highest BCUT2D eigenvalue weighted by Gasteiger charge is 2.38. The molecule has 4 rings (SSSR count). The number of nitrogens with zero attached hydrogens (tertiary/aromatic N) is 4. The Kier molecular flexibility index (Phi) is 8.51. The van der Waals surface area contributed by atoms with Crippen molar-refractivity contribution in [3.05, 3.63) is 63.7 Å². The molecule has 2 N–H and O–H groups in total. The fourth-order valence-corrected chi connectivity index (χ4v) is 4.04. The van der Waals surface area contributed by atoms with E-state index >= 15 is 0 Å². The van der Waals surface area contributed by atoms with Crippen molar-refractivity contribution in [3.63, 3.8) is 0 Å². The molecule has 2 aromatic heterocycles. The largest absolute Gasteiger partial charge is 0.489 e. The number of aliphatic hydroxyl groups is 2. The number of benzene rings is 2. The Morgan fingerprint density at radius 2 is 1.90 bits per heavy atom. The van der Waals surface area contributed by atoms with Crippen LogP contribution in [0.15, 0.2) is 41.3 Å². The van der Waals surface area contributed by atoms with Crippen LogP contribution in [0.2, 0.25) is 5.02 Å². The van der Waals surface area contributed by atoms with Crippen molar-refractivity contribution >= 4 is 22.4 Å². The molecule has 0 bridgehead atoms. The summed E-state index contributed by atoms with van der Waals surface area (Å²) in [6.45, 7) is 1.61. The van der Waals surface area contributed by atoms with Gasteiger partial charge in [0.05, 0.1) is 17.7 Å². The Labute approximate surface area is 228 Å². The van der Waals surface area contributed by atoms with Gasteiger partial charge >= 0.3 is 11.9 Å². The van der Waals surface area contributed by atoms with Crippen molar-refractivity contribution in [1.82, 2.24) is 19.3 Å². The number of fused-ring (bicyclic) bond motifs is 1. The maximum Gasteiger partial charge on any atom is 0.425 e. The molecule has 1 atom stereocenters. The highest BCUT2D eigenvalue weighted by Crippen LogP contribution is 2.43. The molecule has 0 aliphatic heterocycles. The monoisotopic (exact) mass is 586 g/mol. The summed E-state index contributed by atoms with van der Waals surface area (Å²) >= 11 is 6.25. The summed E-state index contributed by atoms with van der Waals surface area (Å²) in [4.78, 5) is 17.0. The van der Waals surface area contributed by atoms with Gasteiger partial charge in [0.1, 0.15) is 29.7 Å². The normalized spacial score (nSPS) is 12.5. The molecule has 15 heteroatoms. The lowest BCUT2D eigenvalue weighted by molar-refractivity contribution is -0.189. The van der Waals surface area contributed by atoms with Gasteiger partial charge in [0, 0.05) is 18.8 Å². The summed E-state index contributed by atoms with van der Waals surface area (Å²) in [5.74, 6) is -2.16. The number of ether oxygens (including phenoxy) is 3. The van der Waals surface area contributed by atoms with Crippen LogP contribution in [-0.2, 0) is 13.2 Å². The van der Waals surface area contributed by atoms with Gasteiger partial charge in [-0.15, -0.1) is 5.10 Å². The molecule has 0 aliphatic carbocycles. The van der Waals surface area contributed by atoms with Crippen LogP contribution in [0.5, 0.6) is 23.1 Å². The summed E-state index contributed by atoms with van der Waals surface area (Å²) in [5.41, 5.74) is -0.607. The maximum atomic E-state index is 14.8. The van der Waals surface area contributed by atoms with Crippen molar-refractivity contribution in [3.8, 4) is 28.8 Å². The van der Waals surface area contributed by atoms with E-state index in [2.05, 4.69) is 10.1 Å². The number of rotatable bonds is 10. The van der Waals surface area contributed by atoms with Gasteiger partial charge in [-0.25, -0.2) is 14.2 Å². The Hall–Kier alpha value is -3.88. The summed E-state index contributed by atoms with van der Waals surface area (Å²) in [5, 5.41) is 22.5. The first-order valence-electron chi connectivity index (χ1n) is 11.9. The number of hydrogen-bond acceptors (Lipinski definition) is 8. The van der Waals surface area contributed by atoms with E-state index in [4.69, 9.17) is 30.9 Å². The predicted octanol–water partition coefficient (Wildman–Crippen LogP) is 4.38.